The minimum Gasteiger partial charge on any atom is -0.371 e. The summed E-state index contributed by atoms with van der Waals surface area (Å²) in [5.41, 5.74) is 2.81. The van der Waals surface area contributed by atoms with Gasteiger partial charge in [-0.3, -0.25) is 4.90 Å². The molecule has 0 aromatic heterocycles. The number of nitrogens with zero attached hydrogens (tertiary/aromatic N) is 3. The third kappa shape index (κ3) is 2.93. The van der Waals surface area contributed by atoms with Crippen LogP contribution in [0.25, 0.3) is 0 Å². The van der Waals surface area contributed by atoms with E-state index >= 15 is 0 Å². The zero-order valence-electron chi connectivity index (χ0n) is 12.9. The molecule has 20 heavy (non-hydrogen) atoms. The number of benzene rings is 1. The molecule has 0 saturated carbocycles. The molecule has 0 spiro atoms. The van der Waals surface area contributed by atoms with Crippen molar-refractivity contribution >= 4 is 11.4 Å². The molecule has 0 radical (unpaired) electrons. The highest BCUT2D eigenvalue weighted by Crippen LogP contribution is 2.26. The summed E-state index contributed by atoms with van der Waals surface area (Å²) in [5, 5.41) is 0. The molecule has 3 rings (SSSR count). The minimum absolute atomic E-state index is 0.674. The predicted octanol–water partition coefficient (Wildman–Crippen LogP) is 2.82. The van der Waals surface area contributed by atoms with Crippen molar-refractivity contribution in [1.29, 1.82) is 0 Å². The lowest BCUT2D eigenvalue weighted by molar-refractivity contribution is 0.209. The lowest BCUT2D eigenvalue weighted by atomic mass is 10.2. The van der Waals surface area contributed by atoms with Gasteiger partial charge < -0.3 is 9.80 Å². The number of hydrogen-bond acceptors (Lipinski definition) is 3. The standard InChI is InChI=1S/C17H27N3/c1-15(2)18-10-12-20(13-11-18)17-7-5-6-16(14-17)19-8-3-4-9-19/h5-7,14-15H,3-4,8-13H2,1-2H3. The topological polar surface area (TPSA) is 9.72 Å². The zero-order chi connectivity index (χ0) is 13.9. The van der Waals surface area contributed by atoms with Gasteiger partial charge in [-0.1, -0.05) is 6.07 Å². The van der Waals surface area contributed by atoms with Crippen LogP contribution in [0.4, 0.5) is 11.4 Å². The highest BCUT2D eigenvalue weighted by molar-refractivity contribution is 5.60. The SMILES string of the molecule is CC(C)N1CCN(c2cccc(N3CCCC3)c2)CC1. The summed E-state index contributed by atoms with van der Waals surface area (Å²) in [5.74, 6) is 0. The summed E-state index contributed by atoms with van der Waals surface area (Å²) in [4.78, 5) is 7.63. The van der Waals surface area contributed by atoms with E-state index in [1.807, 2.05) is 0 Å². The largest absolute Gasteiger partial charge is 0.371 e. The van der Waals surface area contributed by atoms with Gasteiger partial charge in [-0.15, -0.1) is 0 Å². The van der Waals surface area contributed by atoms with Gasteiger partial charge in [0.2, 0.25) is 0 Å². The average molecular weight is 273 g/mol. The molecule has 0 N–H and O–H groups in total. The predicted molar refractivity (Wildman–Crippen MR) is 86.8 cm³/mol. The Morgan fingerprint density at radius 3 is 1.90 bits per heavy atom. The van der Waals surface area contributed by atoms with Crippen LogP contribution in [0.15, 0.2) is 24.3 Å². The van der Waals surface area contributed by atoms with E-state index in [0.717, 1.165) is 13.1 Å². The Labute approximate surface area is 123 Å². The maximum Gasteiger partial charge on any atom is 0.0387 e. The van der Waals surface area contributed by atoms with Crippen LogP contribution >= 0.6 is 0 Å². The summed E-state index contributed by atoms with van der Waals surface area (Å²) in [6.07, 6.45) is 2.69. The molecule has 110 valence electrons. The molecule has 0 atom stereocenters. The van der Waals surface area contributed by atoms with E-state index in [2.05, 4.69) is 52.8 Å². The van der Waals surface area contributed by atoms with E-state index < -0.39 is 0 Å². The highest BCUT2D eigenvalue weighted by Gasteiger charge is 2.20. The molecule has 2 aliphatic rings. The molecule has 0 aliphatic carbocycles. The molecule has 2 heterocycles. The highest BCUT2D eigenvalue weighted by atomic mass is 15.3. The fourth-order valence-corrected chi connectivity index (χ4v) is 3.36. The number of piperazine rings is 1. The average Bonchev–Trinajstić information content (AvgIpc) is 3.02. The molecule has 2 saturated heterocycles. The van der Waals surface area contributed by atoms with Gasteiger partial charge in [0.1, 0.15) is 0 Å². The van der Waals surface area contributed by atoms with Gasteiger partial charge in [0.05, 0.1) is 0 Å². The van der Waals surface area contributed by atoms with Gasteiger partial charge in [0.15, 0.2) is 0 Å². The molecular formula is C17H27N3. The van der Waals surface area contributed by atoms with E-state index in [9.17, 15) is 0 Å². The van der Waals surface area contributed by atoms with Crippen molar-refractivity contribution in [2.75, 3.05) is 49.1 Å². The molecule has 1 aromatic carbocycles. The van der Waals surface area contributed by atoms with Crippen LogP contribution in [0.3, 0.4) is 0 Å². The summed E-state index contributed by atoms with van der Waals surface area (Å²) >= 11 is 0. The molecule has 0 amide bonds. The van der Waals surface area contributed by atoms with Crippen molar-refractivity contribution in [3.8, 4) is 0 Å². The first-order valence-electron chi connectivity index (χ1n) is 8.08. The van der Waals surface area contributed by atoms with Crippen LogP contribution in [0.5, 0.6) is 0 Å². The third-order valence-electron chi connectivity index (χ3n) is 4.71. The fourth-order valence-electron chi connectivity index (χ4n) is 3.36. The molecular weight excluding hydrogens is 246 g/mol. The molecule has 1 aromatic rings. The quantitative estimate of drug-likeness (QED) is 0.838. The maximum absolute atomic E-state index is 2.57. The van der Waals surface area contributed by atoms with Gasteiger partial charge in [0.25, 0.3) is 0 Å². The van der Waals surface area contributed by atoms with Crippen LogP contribution in [0.2, 0.25) is 0 Å². The minimum atomic E-state index is 0.674. The molecule has 0 unspecified atom stereocenters. The van der Waals surface area contributed by atoms with E-state index in [1.165, 1.54) is 50.4 Å². The van der Waals surface area contributed by atoms with Crippen molar-refractivity contribution < 1.29 is 0 Å². The number of hydrogen-bond donors (Lipinski definition) is 0. The van der Waals surface area contributed by atoms with Crippen molar-refractivity contribution in [3.63, 3.8) is 0 Å². The third-order valence-corrected chi connectivity index (χ3v) is 4.71. The second-order valence-corrected chi connectivity index (χ2v) is 6.33. The summed E-state index contributed by atoms with van der Waals surface area (Å²) in [6, 6.07) is 9.81. The van der Waals surface area contributed by atoms with Gasteiger partial charge >= 0.3 is 0 Å². The summed E-state index contributed by atoms with van der Waals surface area (Å²) < 4.78 is 0. The van der Waals surface area contributed by atoms with Crippen LogP contribution in [-0.4, -0.2) is 50.2 Å². The normalized spacial score (nSPS) is 20.9. The lowest BCUT2D eigenvalue weighted by Crippen LogP contribution is -2.48. The van der Waals surface area contributed by atoms with E-state index in [0.29, 0.717) is 6.04 Å². The second kappa shape index (κ2) is 6.04. The monoisotopic (exact) mass is 273 g/mol. The van der Waals surface area contributed by atoms with Crippen molar-refractivity contribution in [3.05, 3.63) is 24.3 Å². The maximum atomic E-state index is 2.57. The molecule has 2 fully saturated rings. The Hall–Kier alpha value is -1.22. The smallest absolute Gasteiger partial charge is 0.0387 e. The molecule has 3 heteroatoms. The zero-order valence-corrected chi connectivity index (χ0v) is 12.9. The van der Waals surface area contributed by atoms with E-state index in [4.69, 9.17) is 0 Å². The number of anilines is 2. The van der Waals surface area contributed by atoms with Crippen molar-refractivity contribution in [2.24, 2.45) is 0 Å². The van der Waals surface area contributed by atoms with Crippen molar-refractivity contribution in [2.45, 2.75) is 32.7 Å². The first-order valence-corrected chi connectivity index (χ1v) is 8.08. The first-order chi connectivity index (χ1) is 9.74. The summed E-state index contributed by atoms with van der Waals surface area (Å²) in [6.45, 7) is 11.7. The first kappa shape index (κ1) is 13.7. The van der Waals surface area contributed by atoms with Gasteiger partial charge in [-0.25, -0.2) is 0 Å². The van der Waals surface area contributed by atoms with E-state index in [-0.39, 0.29) is 0 Å². The Morgan fingerprint density at radius 2 is 1.35 bits per heavy atom. The fraction of sp³-hybridized carbons (Fsp3) is 0.647. The second-order valence-electron chi connectivity index (χ2n) is 6.33. The molecule has 3 nitrogen and oxygen atoms in total. The van der Waals surface area contributed by atoms with Crippen LogP contribution in [0.1, 0.15) is 26.7 Å². The van der Waals surface area contributed by atoms with Gasteiger partial charge in [0, 0.05) is 56.7 Å². The lowest BCUT2D eigenvalue weighted by Gasteiger charge is -2.38. The molecule has 2 aliphatic heterocycles. The van der Waals surface area contributed by atoms with Gasteiger partial charge in [-0.05, 0) is 44.9 Å². The summed E-state index contributed by atoms with van der Waals surface area (Å²) in [7, 11) is 0. The van der Waals surface area contributed by atoms with Crippen LogP contribution in [0, 0.1) is 0 Å². The Morgan fingerprint density at radius 1 is 0.800 bits per heavy atom. The van der Waals surface area contributed by atoms with Crippen LogP contribution < -0.4 is 9.80 Å². The number of rotatable bonds is 3. The van der Waals surface area contributed by atoms with E-state index in [1.54, 1.807) is 0 Å². The van der Waals surface area contributed by atoms with Gasteiger partial charge in [-0.2, -0.15) is 0 Å². The Kier molecular flexibility index (Phi) is 4.16. The Bertz CT molecular complexity index is 430. The van der Waals surface area contributed by atoms with Crippen LogP contribution in [-0.2, 0) is 0 Å². The Balaban J connectivity index is 1.67. The molecule has 0 bridgehead atoms. The van der Waals surface area contributed by atoms with Crippen molar-refractivity contribution in [1.82, 2.24) is 4.90 Å².